The van der Waals surface area contributed by atoms with E-state index in [-0.39, 0.29) is 10.5 Å². The van der Waals surface area contributed by atoms with Crippen LogP contribution in [0.1, 0.15) is 43.5 Å². The highest BCUT2D eigenvalue weighted by atomic mass is 32.2. The fourth-order valence-electron chi connectivity index (χ4n) is 2.17. The molecule has 120 valence electrons. The molecule has 0 bridgehead atoms. The second-order valence-electron chi connectivity index (χ2n) is 5.28. The molecule has 6 nitrogen and oxygen atoms in total. The van der Waals surface area contributed by atoms with Crippen LogP contribution in [-0.4, -0.2) is 37.4 Å². The van der Waals surface area contributed by atoms with Crippen molar-refractivity contribution in [3.05, 3.63) is 29.8 Å². The molecule has 0 spiro atoms. The van der Waals surface area contributed by atoms with E-state index in [0.29, 0.717) is 13.1 Å². The van der Waals surface area contributed by atoms with Crippen LogP contribution < -0.4 is 5.43 Å². The van der Waals surface area contributed by atoms with Crippen molar-refractivity contribution in [3.8, 4) is 0 Å². The Bertz CT molecular complexity index is 677. The van der Waals surface area contributed by atoms with Gasteiger partial charge >= 0.3 is 0 Å². The standard InChI is InChI=1S/C15H21N3O3S/c1-3-12(2)16-17-15(19)13-7-6-8-14(11-13)22(20,21)18-9-4-5-10-18/h6-8,11H,3-5,9-10H2,1-2H3,(H,17,19)/b16-12-. The molecule has 1 aliphatic rings. The molecule has 22 heavy (non-hydrogen) atoms. The summed E-state index contributed by atoms with van der Waals surface area (Å²) >= 11 is 0. The number of rotatable bonds is 5. The molecule has 1 N–H and O–H groups in total. The average molecular weight is 323 g/mol. The van der Waals surface area contributed by atoms with Crippen molar-refractivity contribution >= 4 is 21.6 Å². The van der Waals surface area contributed by atoms with E-state index >= 15 is 0 Å². The van der Waals surface area contributed by atoms with Gasteiger partial charge in [-0.2, -0.15) is 9.41 Å². The summed E-state index contributed by atoms with van der Waals surface area (Å²) in [6.45, 7) is 4.83. The number of hydrogen-bond donors (Lipinski definition) is 1. The minimum atomic E-state index is -3.51. The molecule has 1 aliphatic heterocycles. The van der Waals surface area contributed by atoms with E-state index in [4.69, 9.17) is 0 Å². The summed E-state index contributed by atoms with van der Waals surface area (Å²) < 4.78 is 26.4. The number of nitrogens with one attached hydrogen (secondary N) is 1. The van der Waals surface area contributed by atoms with Crippen LogP contribution in [0.15, 0.2) is 34.3 Å². The van der Waals surface area contributed by atoms with Crippen molar-refractivity contribution in [2.75, 3.05) is 13.1 Å². The number of carbonyl (C=O) groups excluding carboxylic acids is 1. The highest BCUT2D eigenvalue weighted by molar-refractivity contribution is 7.89. The summed E-state index contributed by atoms with van der Waals surface area (Å²) in [7, 11) is -3.51. The fourth-order valence-corrected chi connectivity index (χ4v) is 3.73. The van der Waals surface area contributed by atoms with Crippen molar-refractivity contribution < 1.29 is 13.2 Å². The van der Waals surface area contributed by atoms with Crippen LogP contribution in [0.25, 0.3) is 0 Å². The maximum absolute atomic E-state index is 12.5. The van der Waals surface area contributed by atoms with Gasteiger partial charge in [-0.3, -0.25) is 4.79 Å². The minimum absolute atomic E-state index is 0.151. The summed E-state index contributed by atoms with van der Waals surface area (Å²) in [6, 6.07) is 6.08. The molecule has 1 heterocycles. The molecule has 0 unspecified atom stereocenters. The van der Waals surface area contributed by atoms with Gasteiger partial charge < -0.3 is 0 Å². The highest BCUT2D eigenvalue weighted by Gasteiger charge is 2.27. The minimum Gasteiger partial charge on any atom is -0.267 e. The lowest BCUT2D eigenvalue weighted by Crippen LogP contribution is -2.28. The number of sulfonamides is 1. The van der Waals surface area contributed by atoms with Gasteiger partial charge in [-0.1, -0.05) is 13.0 Å². The zero-order chi connectivity index (χ0) is 16.2. The van der Waals surface area contributed by atoms with Gasteiger partial charge in [-0.15, -0.1) is 0 Å². The fraction of sp³-hybridized carbons (Fsp3) is 0.467. The smallest absolute Gasteiger partial charge is 0.267 e. The average Bonchev–Trinajstić information content (AvgIpc) is 3.07. The Morgan fingerprint density at radius 3 is 2.64 bits per heavy atom. The SMILES string of the molecule is CC/C(C)=N\NC(=O)c1cccc(S(=O)(=O)N2CCCC2)c1. The quantitative estimate of drug-likeness (QED) is 0.665. The van der Waals surface area contributed by atoms with E-state index in [1.54, 1.807) is 12.1 Å². The maximum Gasteiger partial charge on any atom is 0.271 e. The summed E-state index contributed by atoms with van der Waals surface area (Å²) in [4.78, 5) is 12.2. The molecule has 1 aromatic rings. The molecular formula is C15H21N3O3S. The number of amides is 1. The van der Waals surface area contributed by atoms with Gasteiger partial charge in [0.05, 0.1) is 4.90 Å². The summed E-state index contributed by atoms with van der Waals surface area (Å²) in [6.07, 6.45) is 2.50. The molecule has 1 amide bonds. The van der Waals surface area contributed by atoms with Crippen molar-refractivity contribution in [2.24, 2.45) is 5.10 Å². The topological polar surface area (TPSA) is 78.8 Å². The molecule has 2 rings (SSSR count). The first-order valence-corrected chi connectivity index (χ1v) is 8.83. The molecule has 0 aliphatic carbocycles. The number of benzene rings is 1. The van der Waals surface area contributed by atoms with Crippen LogP contribution in [-0.2, 0) is 10.0 Å². The lowest BCUT2D eigenvalue weighted by molar-refractivity contribution is 0.0954. The molecule has 0 atom stereocenters. The molecule has 0 saturated carbocycles. The Balaban J connectivity index is 2.21. The van der Waals surface area contributed by atoms with Crippen molar-refractivity contribution in [1.29, 1.82) is 0 Å². The van der Waals surface area contributed by atoms with E-state index in [2.05, 4.69) is 10.5 Å². The molecule has 0 radical (unpaired) electrons. The third kappa shape index (κ3) is 3.72. The van der Waals surface area contributed by atoms with Crippen LogP contribution in [0.2, 0.25) is 0 Å². The monoisotopic (exact) mass is 323 g/mol. The lowest BCUT2D eigenvalue weighted by atomic mass is 10.2. The number of hydrogen-bond acceptors (Lipinski definition) is 4. The Hall–Kier alpha value is -1.73. The predicted molar refractivity (Wildman–Crippen MR) is 85.3 cm³/mol. The van der Waals surface area contributed by atoms with Crippen molar-refractivity contribution in [3.63, 3.8) is 0 Å². The molecule has 1 aromatic carbocycles. The maximum atomic E-state index is 12.5. The molecule has 0 aromatic heterocycles. The lowest BCUT2D eigenvalue weighted by Gasteiger charge is -2.15. The van der Waals surface area contributed by atoms with Gasteiger partial charge in [0.15, 0.2) is 0 Å². The summed E-state index contributed by atoms with van der Waals surface area (Å²) in [5.41, 5.74) is 3.52. The third-order valence-electron chi connectivity index (χ3n) is 3.66. The van der Waals surface area contributed by atoms with E-state index in [9.17, 15) is 13.2 Å². The van der Waals surface area contributed by atoms with E-state index in [1.807, 2.05) is 13.8 Å². The largest absolute Gasteiger partial charge is 0.271 e. The van der Waals surface area contributed by atoms with Gasteiger partial charge in [0, 0.05) is 24.4 Å². The Kier molecular flexibility index (Phi) is 5.31. The summed E-state index contributed by atoms with van der Waals surface area (Å²) in [5.74, 6) is -0.411. The van der Waals surface area contributed by atoms with E-state index < -0.39 is 15.9 Å². The third-order valence-corrected chi connectivity index (χ3v) is 5.55. The molecule has 1 saturated heterocycles. The number of nitrogens with zero attached hydrogens (tertiary/aromatic N) is 2. The van der Waals surface area contributed by atoms with Gasteiger partial charge in [-0.25, -0.2) is 13.8 Å². The van der Waals surface area contributed by atoms with Crippen LogP contribution in [0, 0.1) is 0 Å². The number of carbonyl (C=O) groups is 1. The Labute approximate surface area is 131 Å². The first-order chi connectivity index (χ1) is 10.4. The zero-order valence-corrected chi connectivity index (χ0v) is 13.7. The normalized spacial score (nSPS) is 16.7. The second-order valence-corrected chi connectivity index (χ2v) is 7.22. The second kappa shape index (κ2) is 7.02. The summed E-state index contributed by atoms with van der Waals surface area (Å²) in [5, 5.41) is 3.95. The predicted octanol–water partition coefficient (Wildman–Crippen LogP) is 1.99. The van der Waals surface area contributed by atoms with Crippen LogP contribution in [0.5, 0.6) is 0 Å². The van der Waals surface area contributed by atoms with Gasteiger partial charge in [0.1, 0.15) is 0 Å². The van der Waals surface area contributed by atoms with Crippen molar-refractivity contribution in [2.45, 2.75) is 38.0 Å². The van der Waals surface area contributed by atoms with E-state index in [0.717, 1.165) is 25.0 Å². The molecular weight excluding hydrogens is 302 g/mol. The Morgan fingerprint density at radius 1 is 1.32 bits per heavy atom. The highest BCUT2D eigenvalue weighted by Crippen LogP contribution is 2.21. The van der Waals surface area contributed by atoms with Gasteiger partial charge in [0.25, 0.3) is 5.91 Å². The van der Waals surface area contributed by atoms with Crippen LogP contribution >= 0.6 is 0 Å². The van der Waals surface area contributed by atoms with Gasteiger partial charge in [0.2, 0.25) is 10.0 Å². The van der Waals surface area contributed by atoms with Gasteiger partial charge in [-0.05, 0) is 44.4 Å². The molecule has 1 fully saturated rings. The number of hydrazone groups is 1. The first-order valence-electron chi connectivity index (χ1n) is 7.39. The Morgan fingerprint density at radius 2 is 2.00 bits per heavy atom. The van der Waals surface area contributed by atoms with E-state index in [1.165, 1.54) is 16.4 Å². The van der Waals surface area contributed by atoms with Crippen LogP contribution in [0.3, 0.4) is 0 Å². The molecule has 7 heteroatoms. The first kappa shape index (κ1) is 16.6. The zero-order valence-electron chi connectivity index (χ0n) is 12.9. The van der Waals surface area contributed by atoms with Crippen LogP contribution in [0.4, 0.5) is 0 Å². The van der Waals surface area contributed by atoms with Crippen molar-refractivity contribution in [1.82, 2.24) is 9.73 Å².